The summed E-state index contributed by atoms with van der Waals surface area (Å²) in [6.07, 6.45) is 6.13. The summed E-state index contributed by atoms with van der Waals surface area (Å²) in [7, 11) is -3.21. The van der Waals surface area contributed by atoms with Gasteiger partial charge < -0.3 is 0 Å². The minimum atomic E-state index is -3.21. The maximum Gasteiger partial charge on any atom is 0.211 e. The van der Waals surface area contributed by atoms with E-state index < -0.39 is 27.1 Å². The smallest absolute Gasteiger partial charge is 0.211 e. The second-order valence-corrected chi connectivity index (χ2v) is 13.1. The van der Waals surface area contributed by atoms with Gasteiger partial charge in [-0.2, -0.15) is 5.10 Å². The van der Waals surface area contributed by atoms with Crippen LogP contribution in [0.25, 0.3) is 11.3 Å². The molecule has 0 amide bonds. The van der Waals surface area contributed by atoms with Crippen LogP contribution >= 0.6 is 0 Å². The second-order valence-electron chi connectivity index (χ2n) is 11.1. The van der Waals surface area contributed by atoms with Crippen molar-refractivity contribution in [1.29, 1.82) is 0 Å². The zero-order valence-corrected chi connectivity index (χ0v) is 21.9. The van der Waals surface area contributed by atoms with Gasteiger partial charge in [0.15, 0.2) is 0 Å². The van der Waals surface area contributed by atoms with Crippen LogP contribution in [-0.2, 0) is 15.4 Å². The Labute approximate surface area is 215 Å². The Bertz CT molecular complexity index is 1480. The molecule has 1 aliphatic heterocycles. The van der Waals surface area contributed by atoms with Crippen molar-refractivity contribution in [3.8, 4) is 11.3 Å². The fraction of sp³-hybridized carbons (Fsp3) is 0.481. The maximum atomic E-state index is 14.5. The lowest BCUT2D eigenvalue weighted by molar-refractivity contribution is 0.241. The molecule has 1 saturated carbocycles. The summed E-state index contributed by atoms with van der Waals surface area (Å²) in [5.74, 6) is -0.357. The highest BCUT2D eigenvalue weighted by molar-refractivity contribution is 7.88. The van der Waals surface area contributed by atoms with Gasteiger partial charge in [-0.3, -0.25) is 0 Å². The first-order chi connectivity index (χ1) is 17.5. The Hall–Kier alpha value is -2.85. The largest absolute Gasteiger partial charge is 0.241 e. The van der Waals surface area contributed by atoms with Crippen molar-refractivity contribution >= 4 is 10.0 Å². The molecule has 0 radical (unpaired) electrons. The molecule has 1 aromatic carbocycles. The number of aromatic nitrogens is 4. The molecule has 7 nitrogen and oxygen atoms in total. The molecule has 0 N–H and O–H groups in total. The van der Waals surface area contributed by atoms with E-state index in [1.54, 1.807) is 12.3 Å². The first-order valence-electron chi connectivity index (χ1n) is 12.6. The van der Waals surface area contributed by atoms with Crippen molar-refractivity contribution in [2.24, 2.45) is 5.41 Å². The van der Waals surface area contributed by atoms with Gasteiger partial charge in [-0.1, -0.05) is 19.9 Å². The van der Waals surface area contributed by atoms with Gasteiger partial charge in [0.25, 0.3) is 0 Å². The maximum absolute atomic E-state index is 14.5. The van der Waals surface area contributed by atoms with Gasteiger partial charge in [-0.25, -0.2) is 31.5 Å². The zero-order chi connectivity index (χ0) is 26.2. The van der Waals surface area contributed by atoms with Crippen molar-refractivity contribution in [3.63, 3.8) is 0 Å². The standard InChI is InChI=1S/C27H29F2N5O2S/c1-26(2)18-7-11-27(26,24-17(18)15-21(32-33-24)23-19(28)5-4-6-20(23)29)22-8-12-30-25(31-22)16-9-13-34(14-10-16)37(3,35)36/h4-6,8,12,15-16,18H,7,9-11,13-14H2,1-3H3/t18-,27-/m0/s1. The van der Waals surface area contributed by atoms with E-state index in [0.29, 0.717) is 25.9 Å². The molecule has 2 atom stereocenters. The molecule has 6 rings (SSSR count). The number of rotatable bonds is 4. The molecular weight excluding hydrogens is 496 g/mol. The number of hydrogen-bond donors (Lipinski definition) is 0. The van der Waals surface area contributed by atoms with Crippen LogP contribution in [0.2, 0.25) is 0 Å². The number of sulfonamides is 1. The minimum absolute atomic E-state index is 0.0769. The summed E-state index contributed by atoms with van der Waals surface area (Å²) in [6, 6.07) is 7.55. The van der Waals surface area contributed by atoms with E-state index in [2.05, 4.69) is 29.0 Å². The van der Waals surface area contributed by atoms with E-state index in [1.807, 2.05) is 6.07 Å². The van der Waals surface area contributed by atoms with E-state index in [-0.39, 0.29) is 28.5 Å². The van der Waals surface area contributed by atoms with Crippen LogP contribution in [-0.4, -0.2) is 52.2 Å². The van der Waals surface area contributed by atoms with Gasteiger partial charge >= 0.3 is 0 Å². The topological polar surface area (TPSA) is 88.9 Å². The predicted octanol–water partition coefficient (Wildman–Crippen LogP) is 4.55. The van der Waals surface area contributed by atoms with Crippen molar-refractivity contribution < 1.29 is 17.2 Å². The SMILES string of the molecule is CC1(C)[C@H]2CC[C@]1(c1ccnc(C3CCN(S(C)(=O)=O)CC3)n1)c1nnc(-c3c(F)cccc3F)cc12. The van der Waals surface area contributed by atoms with E-state index in [9.17, 15) is 17.2 Å². The third-order valence-electron chi connectivity index (χ3n) is 9.00. The summed E-state index contributed by atoms with van der Waals surface area (Å²) in [4.78, 5) is 9.65. The number of nitrogens with zero attached hydrogens (tertiary/aromatic N) is 5. The molecule has 0 spiro atoms. The van der Waals surface area contributed by atoms with E-state index in [1.165, 1.54) is 28.8 Å². The average Bonchev–Trinajstić information content (AvgIpc) is 3.24. The summed E-state index contributed by atoms with van der Waals surface area (Å²) in [5, 5.41) is 8.91. The van der Waals surface area contributed by atoms with Crippen LogP contribution in [0, 0.1) is 17.0 Å². The van der Waals surface area contributed by atoms with Crippen molar-refractivity contribution in [1.82, 2.24) is 24.5 Å². The number of fused-ring (bicyclic) bond motifs is 5. The third kappa shape index (κ3) is 3.55. The molecule has 10 heteroatoms. The third-order valence-corrected chi connectivity index (χ3v) is 10.3. The van der Waals surface area contributed by atoms with Gasteiger partial charge in [0.2, 0.25) is 10.0 Å². The van der Waals surface area contributed by atoms with E-state index >= 15 is 0 Å². The van der Waals surface area contributed by atoms with Gasteiger partial charge in [0.1, 0.15) is 17.5 Å². The quantitative estimate of drug-likeness (QED) is 0.496. The van der Waals surface area contributed by atoms with Gasteiger partial charge in [0, 0.05) is 25.2 Å². The zero-order valence-electron chi connectivity index (χ0n) is 21.1. The molecule has 0 unspecified atom stereocenters. The molecular formula is C27H29F2N5O2S. The molecule has 2 fully saturated rings. The highest BCUT2D eigenvalue weighted by Crippen LogP contribution is 2.69. The predicted molar refractivity (Wildman–Crippen MR) is 134 cm³/mol. The van der Waals surface area contributed by atoms with E-state index in [4.69, 9.17) is 4.98 Å². The average molecular weight is 526 g/mol. The Kier molecular flexibility index (Phi) is 5.51. The summed E-state index contributed by atoms with van der Waals surface area (Å²) in [5.41, 5.74) is 2.01. The fourth-order valence-electron chi connectivity index (χ4n) is 7.01. The van der Waals surface area contributed by atoms with Crippen LogP contribution in [0.5, 0.6) is 0 Å². The monoisotopic (exact) mass is 525 g/mol. The second kappa shape index (κ2) is 8.33. The Balaban J connectivity index is 1.40. The van der Waals surface area contributed by atoms with Crippen LogP contribution < -0.4 is 0 Å². The van der Waals surface area contributed by atoms with Crippen molar-refractivity contribution in [2.45, 2.75) is 56.8 Å². The number of piperidine rings is 1. The summed E-state index contributed by atoms with van der Waals surface area (Å²) < 4.78 is 54.4. The number of hydrogen-bond acceptors (Lipinski definition) is 6. The highest BCUT2D eigenvalue weighted by Gasteiger charge is 2.65. The molecule has 2 aliphatic carbocycles. The lowest BCUT2D eigenvalue weighted by Gasteiger charge is -2.38. The summed E-state index contributed by atoms with van der Waals surface area (Å²) in [6.45, 7) is 5.34. The first-order valence-corrected chi connectivity index (χ1v) is 14.5. The van der Waals surface area contributed by atoms with Gasteiger partial charge in [-0.15, -0.1) is 5.10 Å². The molecule has 2 aromatic heterocycles. The molecule has 1 saturated heterocycles. The number of benzene rings is 1. The minimum Gasteiger partial charge on any atom is -0.241 e. The number of halogens is 2. The Morgan fingerprint density at radius 1 is 1.03 bits per heavy atom. The summed E-state index contributed by atoms with van der Waals surface area (Å²) >= 11 is 0. The molecule has 3 heterocycles. The Morgan fingerprint density at radius 3 is 2.41 bits per heavy atom. The molecule has 3 aromatic rings. The van der Waals surface area contributed by atoms with Crippen molar-refractivity contribution in [3.05, 3.63) is 70.9 Å². The van der Waals surface area contributed by atoms with Gasteiger partial charge in [0.05, 0.1) is 34.3 Å². The Morgan fingerprint density at radius 2 is 1.73 bits per heavy atom. The molecule has 194 valence electrons. The van der Waals surface area contributed by atoms with Gasteiger partial charge in [-0.05, 0) is 66.8 Å². The molecule has 37 heavy (non-hydrogen) atoms. The fourth-order valence-corrected chi connectivity index (χ4v) is 7.88. The van der Waals surface area contributed by atoms with Crippen molar-refractivity contribution in [2.75, 3.05) is 19.3 Å². The van der Waals surface area contributed by atoms with Crippen LogP contribution in [0.1, 0.15) is 74.1 Å². The normalized spacial score (nSPS) is 25.4. The van der Waals surface area contributed by atoms with Crippen LogP contribution in [0.15, 0.2) is 36.5 Å². The first kappa shape index (κ1) is 24.5. The van der Waals surface area contributed by atoms with Crippen LogP contribution in [0.4, 0.5) is 8.78 Å². The molecule has 2 bridgehead atoms. The van der Waals surface area contributed by atoms with E-state index in [0.717, 1.165) is 35.6 Å². The lowest BCUT2D eigenvalue weighted by atomic mass is 9.66. The highest BCUT2D eigenvalue weighted by atomic mass is 32.2. The molecule has 3 aliphatic rings. The van der Waals surface area contributed by atoms with Crippen LogP contribution in [0.3, 0.4) is 0 Å². The lowest BCUT2D eigenvalue weighted by Crippen LogP contribution is -2.39.